The van der Waals surface area contributed by atoms with Crippen LogP contribution < -0.4 is 10.6 Å². The van der Waals surface area contributed by atoms with Crippen LogP contribution in [0.4, 0.5) is 4.79 Å². The molecule has 3 amide bonds. The van der Waals surface area contributed by atoms with Crippen LogP contribution in [0.5, 0.6) is 0 Å². The molecule has 0 radical (unpaired) electrons. The highest BCUT2D eigenvalue weighted by Crippen LogP contribution is 2.37. The van der Waals surface area contributed by atoms with E-state index in [1.54, 1.807) is 0 Å². The summed E-state index contributed by atoms with van der Waals surface area (Å²) in [4.78, 5) is 30.3. The number of amides is 3. The molecule has 0 unspecified atom stereocenters. The first-order valence-corrected chi connectivity index (χ1v) is 8.70. The van der Waals surface area contributed by atoms with E-state index >= 15 is 0 Å². The van der Waals surface area contributed by atoms with Gasteiger partial charge in [0.25, 0.3) is 0 Å². The van der Waals surface area contributed by atoms with Gasteiger partial charge in [0, 0.05) is 49.9 Å². The summed E-state index contributed by atoms with van der Waals surface area (Å²) in [5, 5.41) is 5.99. The third-order valence-electron chi connectivity index (χ3n) is 5.14. The minimum atomic E-state index is -0.0118. The van der Waals surface area contributed by atoms with Gasteiger partial charge in [-0.25, -0.2) is 4.79 Å². The van der Waals surface area contributed by atoms with E-state index in [9.17, 15) is 9.59 Å². The Morgan fingerprint density at radius 3 is 2.79 bits per heavy atom. The fourth-order valence-corrected chi connectivity index (χ4v) is 3.67. The molecule has 2 saturated heterocycles. The molecule has 0 bridgehead atoms. The zero-order valence-electron chi connectivity index (χ0n) is 14.5. The van der Waals surface area contributed by atoms with Gasteiger partial charge in [-0.2, -0.15) is 0 Å². The summed E-state index contributed by atoms with van der Waals surface area (Å²) in [5.41, 5.74) is 2.06. The molecule has 130 valence electrons. The van der Waals surface area contributed by atoms with E-state index in [-0.39, 0.29) is 23.4 Å². The molecule has 1 aromatic heterocycles. The Kier molecular flexibility index (Phi) is 4.73. The molecule has 3 heterocycles. The van der Waals surface area contributed by atoms with E-state index in [1.807, 2.05) is 36.9 Å². The summed E-state index contributed by atoms with van der Waals surface area (Å²) >= 11 is 0. The molecular weight excluding hydrogens is 304 g/mol. The minimum Gasteiger partial charge on any atom is -0.356 e. The summed E-state index contributed by atoms with van der Waals surface area (Å²) in [5.74, 6) is 0.146. The minimum absolute atomic E-state index is 0.0118. The Morgan fingerprint density at radius 2 is 2.17 bits per heavy atom. The van der Waals surface area contributed by atoms with Crippen LogP contribution >= 0.6 is 0 Å². The quantitative estimate of drug-likeness (QED) is 0.885. The number of aromatic nitrogens is 1. The molecule has 0 aromatic carbocycles. The van der Waals surface area contributed by atoms with Crippen LogP contribution in [0.2, 0.25) is 0 Å². The summed E-state index contributed by atoms with van der Waals surface area (Å²) in [7, 11) is 0. The maximum atomic E-state index is 12.4. The van der Waals surface area contributed by atoms with Crippen molar-refractivity contribution in [1.29, 1.82) is 0 Å². The topological polar surface area (TPSA) is 74.3 Å². The average molecular weight is 330 g/mol. The Bertz CT molecular complexity index is 623. The van der Waals surface area contributed by atoms with E-state index < -0.39 is 0 Å². The largest absolute Gasteiger partial charge is 0.356 e. The SMILES string of the molecule is Cc1cccc(C[C@@H](C)NC(=O)N2CCC3(CC2)CNC(=O)C3)n1. The number of urea groups is 1. The molecule has 2 aliphatic rings. The molecule has 6 nitrogen and oxygen atoms in total. The summed E-state index contributed by atoms with van der Waals surface area (Å²) in [6, 6.07) is 5.98. The Balaban J connectivity index is 1.48. The second-order valence-corrected chi connectivity index (χ2v) is 7.27. The van der Waals surface area contributed by atoms with Crippen molar-refractivity contribution in [2.75, 3.05) is 19.6 Å². The molecule has 1 atom stereocenters. The molecular formula is C18H26N4O2. The van der Waals surface area contributed by atoms with E-state index in [0.29, 0.717) is 6.42 Å². The molecule has 0 aliphatic carbocycles. The third kappa shape index (κ3) is 3.86. The number of hydrogen-bond acceptors (Lipinski definition) is 3. The monoisotopic (exact) mass is 330 g/mol. The van der Waals surface area contributed by atoms with Crippen LogP contribution in [0.3, 0.4) is 0 Å². The van der Waals surface area contributed by atoms with Gasteiger partial charge in [0.15, 0.2) is 0 Å². The van der Waals surface area contributed by atoms with Crippen LogP contribution in [0.25, 0.3) is 0 Å². The number of piperidine rings is 1. The molecule has 2 aliphatic heterocycles. The van der Waals surface area contributed by atoms with E-state index in [4.69, 9.17) is 0 Å². The number of hydrogen-bond donors (Lipinski definition) is 2. The molecule has 24 heavy (non-hydrogen) atoms. The predicted molar refractivity (Wildman–Crippen MR) is 91.5 cm³/mol. The molecule has 6 heteroatoms. The van der Waals surface area contributed by atoms with Crippen LogP contribution in [-0.4, -0.2) is 47.5 Å². The smallest absolute Gasteiger partial charge is 0.317 e. The van der Waals surface area contributed by atoms with E-state index in [1.165, 1.54) is 0 Å². The normalized spacial score (nSPS) is 20.8. The maximum absolute atomic E-state index is 12.4. The van der Waals surface area contributed by atoms with Gasteiger partial charge in [-0.05, 0) is 44.2 Å². The number of nitrogens with zero attached hydrogens (tertiary/aromatic N) is 2. The molecule has 1 spiro atoms. The van der Waals surface area contributed by atoms with Crippen LogP contribution in [0.15, 0.2) is 18.2 Å². The summed E-state index contributed by atoms with van der Waals surface area (Å²) in [6.45, 7) is 6.18. The van der Waals surface area contributed by atoms with Crippen molar-refractivity contribution in [3.8, 4) is 0 Å². The first-order chi connectivity index (χ1) is 11.5. The summed E-state index contributed by atoms with van der Waals surface area (Å²) < 4.78 is 0. The lowest BCUT2D eigenvalue weighted by molar-refractivity contribution is -0.119. The average Bonchev–Trinajstić information content (AvgIpc) is 2.88. The zero-order valence-corrected chi connectivity index (χ0v) is 14.5. The van der Waals surface area contributed by atoms with Gasteiger partial charge >= 0.3 is 6.03 Å². The van der Waals surface area contributed by atoms with Crippen molar-refractivity contribution in [3.05, 3.63) is 29.6 Å². The van der Waals surface area contributed by atoms with Crippen molar-refractivity contribution >= 4 is 11.9 Å². The fourth-order valence-electron chi connectivity index (χ4n) is 3.67. The molecule has 2 N–H and O–H groups in total. The van der Waals surface area contributed by atoms with Crippen molar-refractivity contribution in [2.24, 2.45) is 5.41 Å². The third-order valence-corrected chi connectivity index (χ3v) is 5.14. The van der Waals surface area contributed by atoms with Gasteiger partial charge in [0.05, 0.1) is 0 Å². The number of nitrogens with one attached hydrogen (secondary N) is 2. The Hall–Kier alpha value is -2.11. The van der Waals surface area contributed by atoms with Gasteiger partial charge in [0.2, 0.25) is 5.91 Å². The van der Waals surface area contributed by atoms with Crippen molar-refractivity contribution < 1.29 is 9.59 Å². The van der Waals surface area contributed by atoms with E-state index in [2.05, 4.69) is 15.6 Å². The maximum Gasteiger partial charge on any atom is 0.317 e. The molecule has 3 rings (SSSR count). The molecule has 1 aromatic rings. The lowest BCUT2D eigenvalue weighted by Gasteiger charge is -2.38. The van der Waals surface area contributed by atoms with Gasteiger partial charge in [-0.15, -0.1) is 0 Å². The Labute approximate surface area is 143 Å². The molecule has 2 fully saturated rings. The molecule has 0 saturated carbocycles. The van der Waals surface area contributed by atoms with Gasteiger partial charge < -0.3 is 15.5 Å². The number of aryl methyl sites for hydroxylation is 1. The second kappa shape index (κ2) is 6.79. The number of rotatable bonds is 3. The highest BCUT2D eigenvalue weighted by atomic mass is 16.2. The van der Waals surface area contributed by atoms with Gasteiger partial charge in [-0.3, -0.25) is 9.78 Å². The van der Waals surface area contributed by atoms with E-state index in [0.717, 1.165) is 50.3 Å². The van der Waals surface area contributed by atoms with Crippen LogP contribution in [0, 0.1) is 12.3 Å². The number of likely N-dealkylation sites (tertiary alicyclic amines) is 1. The van der Waals surface area contributed by atoms with Crippen LogP contribution in [-0.2, 0) is 11.2 Å². The van der Waals surface area contributed by atoms with Gasteiger partial charge in [-0.1, -0.05) is 6.07 Å². The first-order valence-electron chi connectivity index (χ1n) is 8.70. The van der Waals surface area contributed by atoms with Gasteiger partial charge in [0.1, 0.15) is 0 Å². The predicted octanol–water partition coefficient (Wildman–Crippen LogP) is 1.63. The fraction of sp³-hybridized carbons (Fsp3) is 0.611. The van der Waals surface area contributed by atoms with Crippen molar-refractivity contribution in [3.63, 3.8) is 0 Å². The number of carbonyl (C=O) groups excluding carboxylic acids is 2. The standard InChI is InChI=1S/C18H26N4O2/c1-13-4-3-5-15(20-13)10-14(2)21-17(24)22-8-6-18(7-9-22)11-16(23)19-12-18/h3-5,14H,6-12H2,1-2H3,(H,19,23)(H,21,24)/t14-/m1/s1. The zero-order chi connectivity index (χ0) is 17.2. The summed E-state index contributed by atoms with van der Waals surface area (Å²) in [6.07, 6.45) is 3.13. The highest BCUT2D eigenvalue weighted by molar-refractivity contribution is 5.79. The Morgan fingerprint density at radius 1 is 1.42 bits per heavy atom. The highest BCUT2D eigenvalue weighted by Gasteiger charge is 2.41. The first kappa shape index (κ1) is 16.7. The van der Waals surface area contributed by atoms with Crippen molar-refractivity contribution in [1.82, 2.24) is 20.5 Å². The second-order valence-electron chi connectivity index (χ2n) is 7.27. The van der Waals surface area contributed by atoms with Crippen LogP contribution in [0.1, 0.15) is 37.6 Å². The lowest BCUT2D eigenvalue weighted by atomic mass is 9.78. The lowest BCUT2D eigenvalue weighted by Crippen LogP contribution is -2.50. The van der Waals surface area contributed by atoms with Crippen molar-refractivity contribution in [2.45, 2.75) is 45.6 Å². The number of carbonyl (C=O) groups is 2. The number of pyridine rings is 1.